The van der Waals surface area contributed by atoms with Gasteiger partial charge in [0.15, 0.2) is 11.5 Å². The van der Waals surface area contributed by atoms with Gasteiger partial charge in [0.2, 0.25) is 0 Å². The van der Waals surface area contributed by atoms with Gasteiger partial charge in [-0.15, -0.1) is 22.7 Å². The summed E-state index contributed by atoms with van der Waals surface area (Å²) < 4.78 is 25.7. The van der Waals surface area contributed by atoms with Crippen molar-refractivity contribution < 1.29 is 47.7 Å². The Balaban J connectivity index is 0.900. The lowest BCUT2D eigenvalue weighted by Crippen LogP contribution is -2.33. The Hall–Kier alpha value is -4.49. The van der Waals surface area contributed by atoms with Crippen molar-refractivity contribution in [1.29, 1.82) is 0 Å². The van der Waals surface area contributed by atoms with Crippen LogP contribution in [0.5, 0.6) is 11.5 Å². The minimum absolute atomic E-state index is 0.0441. The zero-order valence-electron chi connectivity index (χ0n) is 34.3. The van der Waals surface area contributed by atoms with E-state index < -0.39 is 0 Å². The van der Waals surface area contributed by atoms with Gasteiger partial charge in [-0.3, -0.25) is 28.8 Å². The second kappa shape index (κ2) is 18.6. The fourth-order valence-electron chi connectivity index (χ4n) is 9.52. The van der Waals surface area contributed by atoms with E-state index in [1.165, 1.54) is 11.3 Å². The van der Waals surface area contributed by atoms with Crippen LogP contribution in [0.25, 0.3) is 30.2 Å². The molecule has 4 saturated carbocycles. The van der Waals surface area contributed by atoms with Crippen molar-refractivity contribution >= 4 is 78.4 Å². The van der Waals surface area contributed by atoms with Gasteiger partial charge in [-0.05, 0) is 146 Å². The Bertz CT molecular complexity index is 2090. The summed E-state index contributed by atoms with van der Waals surface area (Å²) in [6, 6.07) is 13.5. The highest BCUT2D eigenvalue weighted by molar-refractivity contribution is 7.28. The number of Topliss-reactive ketones (excluding diaryl/α,β-unsaturated/α-hetero) is 2. The van der Waals surface area contributed by atoms with E-state index in [4.69, 9.17) is 23.9 Å². The van der Waals surface area contributed by atoms with Crippen LogP contribution in [-0.2, 0) is 38.2 Å². The van der Waals surface area contributed by atoms with Crippen molar-refractivity contribution in [3.8, 4) is 21.4 Å². The van der Waals surface area contributed by atoms with Crippen LogP contribution in [0.4, 0.5) is 0 Å². The third-order valence-electron chi connectivity index (χ3n) is 13.4. The normalized spacial score (nSPS) is 27.2. The molecule has 4 aliphatic carbocycles. The number of benzene rings is 2. The SMILES string of the molecule is CC(=O)C1CCC(C(=O)OC2CCC(C(=O)Oc3ccc(OC(=O)C4CCC(OC(=O)C5CCC(C(C)=O)CC5)CC4)c4sc(-c5cc6ccccc6s5)nc34)CC2)CC1. The van der Waals surface area contributed by atoms with Gasteiger partial charge < -0.3 is 18.9 Å². The average Bonchev–Trinajstić information content (AvgIpc) is 3.91. The number of ketones is 2. The number of nitrogens with zero attached hydrogens (tertiary/aromatic N) is 1. The van der Waals surface area contributed by atoms with Crippen molar-refractivity contribution in [3.05, 3.63) is 42.5 Å². The topological polar surface area (TPSA) is 152 Å². The fraction of sp³-hybridized carbons (Fsp3) is 0.553. The zero-order chi connectivity index (χ0) is 41.9. The van der Waals surface area contributed by atoms with Crippen LogP contribution in [0, 0.1) is 35.5 Å². The number of hydrogen-bond donors (Lipinski definition) is 0. The molecule has 2 aromatic carbocycles. The number of thiazole rings is 1. The lowest BCUT2D eigenvalue weighted by atomic mass is 9.80. The standard InChI is InChI=1S/C47H53NO10S2/c1-26(49)28-7-11-30(12-8-28)44(51)55-35-19-15-32(16-20-35)46(53)57-37-23-24-38(42-41(37)48-43(60-42)40-25-34-5-3-4-6-39(34)59-40)58-47(54)33-17-21-36(22-18-33)56-45(52)31-13-9-29(10-14-31)27(2)50/h3-6,23-25,28-33,35-36H,7-22H2,1-2H3. The second-order valence-corrected chi connectivity index (χ2v) is 19.5. The van der Waals surface area contributed by atoms with Crippen molar-refractivity contribution in [3.63, 3.8) is 0 Å². The molecule has 13 heteroatoms. The lowest BCUT2D eigenvalue weighted by Gasteiger charge is -2.30. The van der Waals surface area contributed by atoms with Crippen molar-refractivity contribution in [2.45, 2.75) is 129 Å². The molecule has 0 atom stereocenters. The Morgan fingerprint density at radius 3 is 1.45 bits per heavy atom. The first-order valence-corrected chi connectivity index (χ1v) is 23.4. The Labute approximate surface area is 357 Å². The molecule has 0 amide bonds. The summed E-state index contributed by atoms with van der Waals surface area (Å²) in [5.74, 6) is -1.07. The number of carbonyl (C=O) groups excluding carboxylic acids is 6. The average molecular weight is 856 g/mol. The number of esters is 4. The number of carbonyl (C=O) groups is 6. The summed E-state index contributed by atoms with van der Waals surface area (Å²) in [4.78, 5) is 82.6. The van der Waals surface area contributed by atoms with Crippen LogP contribution in [-0.4, -0.2) is 52.6 Å². The molecular formula is C47H53NO10S2. The molecular weight excluding hydrogens is 803 g/mol. The molecule has 0 radical (unpaired) electrons. The predicted octanol–water partition coefficient (Wildman–Crippen LogP) is 9.98. The number of fused-ring (bicyclic) bond motifs is 2. The molecule has 0 spiro atoms. The van der Waals surface area contributed by atoms with Gasteiger partial charge in [-0.1, -0.05) is 18.2 Å². The highest BCUT2D eigenvalue weighted by Crippen LogP contribution is 2.44. The highest BCUT2D eigenvalue weighted by Gasteiger charge is 2.36. The second-order valence-electron chi connectivity index (χ2n) is 17.4. The lowest BCUT2D eigenvalue weighted by molar-refractivity contribution is -0.159. The zero-order valence-corrected chi connectivity index (χ0v) is 36.0. The van der Waals surface area contributed by atoms with Crippen LogP contribution in [0.1, 0.15) is 117 Å². The maximum atomic E-state index is 13.7. The van der Waals surface area contributed by atoms with E-state index in [-0.39, 0.29) is 83.2 Å². The summed E-state index contributed by atoms with van der Waals surface area (Å²) in [5, 5.41) is 1.82. The molecule has 0 N–H and O–H groups in total. The Morgan fingerprint density at radius 1 is 0.517 bits per heavy atom. The van der Waals surface area contributed by atoms with Gasteiger partial charge in [0, 0.05) is 16.5 Å². The summed E-state index contributed by atoms with van der Waals surface area (Å²) in [6.45, 7) is 3.23. The molecule has 11 nitrogen and oxygen atoms in total. The predicted molar refractivity (Wildman–Crippen MR) is 228 cm³/mol. The molecule has 2 aromatic heterocycles. The molecule has 8 rings (SSSR count). The number of ether oxygens (including phenoxy) is 4. The Morgan fingerprint density at radius 2 is 0.950 bits per heavy atom. The van der Waals surface area contributed by atoms with Gasteiger partial charge in [-0.25, -0.2) is 4.98 Å². The molecule has 0 bridgehead atoms. The largest absolute Gasteiger partial charge is 0.462 e. The van der Waals surface area contributed by atoms with Crippen molar-refractivity contribution in [2.75, 3.05) is 0 Å². The maximum absolute atomic E-state index is 13.7. The summed E-state index contributed by atoms with van der Waals surface area (Å²) >= 11 is 3.00. The van der Waals surface area contributed by atoms with E-state index in [9.17, 15) is 28.8 Å². The fourth-order valence-corrected chi connectivity index (χ4v) is 11.7. The smallest absolute Gasteiger partial charge is 0.314 e. The maximum Gasteiger partial charge on any atom is 0.314 e. The van der Waals surface area contributed by atoms with Crippen LogP contribution in [0.15, 0.2) is 42.5 Å². The highest BCUT2D eigenvalue weighted by atomic mass is 32.1. The van der Waals surface area contributed by atoms with Crippen LogP contribution in [0.3, 0.4) is 0 Å². The first kappa shape index (κ1) is 42.2. The van der Waals surface area contributed by atoms with Gasteiger partial charge in [0.1, 0.15) is 39.0 Å². The third kappa shape index (κ3) is 9.67. The number of hydrogen-bond acceptors (Lipinski definition) is 13. The number of rotatable bonds is 11. The molecule has 0 unspecified atom stereocenters. The third-order valence-corrected chi connectivity index (χ3v) is 15.7. The van der Waals surface area contributed by atoms with E-state index >= 15 is 0 Å². The van der Waals surface area contributed by atoms with Crippen molar-refractivity contribution in [1.82, 2.24) is 4.98 Å². The van der Waals surface area contributed by atoms with E-state index in [0.717, 1.165) is 45.7 Å². The van der Waals surface area contributed by atoms with E-state index in [2.05, 4.69) is 18.2 Å². The molecule has 0 aliphatic heterocycles. The first-order chi connectivity index (χ1) is 29.0. The summed E-state index contributed by atoms with van der Waals surface area (Å²) in [5.41, 5.74) is 0.446. The molecule has 2 heterocycles. The van der Waals surface area contributed by atoms with E-state index in [0.29, 0.717) is 98.8 Å². The van der Waals surface area contributed by atoms with Gasteiger partial charge in [0.25, 0.3) is 0 Å². The molecule has 4 aliphatic rings. The summed E-state index contributed by atoms with van der Waals surface area (Å²) in [7, 11) is 0. The Kier molecular flexibility index (Phi) is 13.1. The van der Waals surface area contributed by atoms with Gasteiger partial charge in [-0.2, -0.15) is 0 Å². The molecule has 4 fully saturated rings. The molecule has 0 saturated heterocycles. The van der Waals surface area contributed by atoms with Crippen molar-refractivity contribution in [2.24, 2.45) is 35.5 Å². The van der Waals surface area contributed by atoms with Gasteiger partial charge >= 0.3 is 23.9 Å². The number of thiophene rings is 1. The van der Waals surface area contributed by atoms with E-state index in [1.807, 2.05) is 12.1 Å². The molecule has 4 aromatic rings. The minimum atomic E-state index is -0.369. The molecule has 318 valence electrons. The minimum Gasteiger partial charge on any atom is -0.462 e. The number of aromatic nitrogens is 1. The monoisotopic (exact) mass is 855 g/mol. The van der Waals surface area contributed by atoms with E-state index in [1.54, 1.807) is 37.3 Å². The van der Waals surface area contributed by atoms with Crippen LogP contribution >= 0.6 is 22.7 Å². The quantitative estimate of drug-likeness (QED) is 0.105. The molecule has 60 heavy (non-hydrogen) atoms. The van der Waals surface area contributed by atoms with Crippen LogP contribution < -0.4 is 9.47 Å². The van der Waals surface area contributed by atoms with Crippen LogP contribution in [0.2, 0.25) is 0 Å². The first-order valence-electron chi connectivity index (χ1n) is 21.8. The van der Waals surface area contributed by atoms with Gasteiger partial charge in [0.05, 0.1) is 28.5 Å². The summed E-state index contributed by atoms with van der Waals surface area (Å²) in [6.07, 6.45) is 9.50.